The van der Waals surface area contributed by atoms with Crippen LogP contribution < -0.4 is 0 Å². The van der Waals surface area contributed by atoms with Gasteiger partial charge in [0.1, 0.15) is 5.82 Å². The lowest BCUT2D eigenvalue weighted by molar-refractivity contribution is -0.106. The molecule has 1 aliphatic rings. The zero-order valence-electron chi connectivity index (χ0n) is 11.2. The topological polar surface area (TPSA) is 40.6 Å². The van der Waals surface area contributed by atoms with Crippen LogP contribution in [0.5, 0.6) is 0 Å². The monoisotopic (exact) mass is 269 g/mol. The summed E-state index contributed by atoms with van der Waals surface area (Å²) in [4.78, 5) is 3.94. The van der Waals surface area contributed by atoms with Crippen molar-refractivity contribution in [1.82, 2.24) is 4.98 Å². The second-order valence-corrected chi connectivity index (χ2v) is 4.59. The smallest absolute Gasteiger partial charge is 0.141 e. The number of hydrogen-bond donors (Lipinski definition) is 0. The molecule has 4 nitrogen and oxygen atoms in total. The van der Waals surface area contributed by atoms with Crippen molar-refractivity contribution in [3.8, 4) is 0 Å². The van der Waals surface area contributed by atoms with Gasteiger partial charge in [-0.1, -0.05) is 0 Å². The van der Waals surface area contributed by atoms with E-state index in [0.717, 1.165) is 25.1 Å². The highest BCUT2D eigenvalue weighted by molar-refractivity contribution is 5.03. The van der Waals surface area contributed by atoms with Gasteiger partial charge >= 0.3 is 0 Å². The first-order valence-corrected chi connectivity index (χ1v) is 6.69. The third kappa shape index (κ3) is 4.86. The predicted octanol–water partition coefficient (Wildman–Crippen LogP) is 2.32. The molecule has 1 aromatic heterocycles. The quantitative estimate of drug-likeness (QED) is 0.794. The minimum atomic E-state index is -0.332. The normalized spacial score (nSPS) is 23.5. The Bertz CT molecular complexity index is 363. The number of nitrogens with zero attached hydrogens (tertiary/aromatic N) is 1. The lowest BCUT2D eigenvalue weighted by Gasteiger charge is -2.28. The first-order valence-electron chi connectivity index (χ1n) is 6.69. The number of halogens is 1. The van der Waals surface area contributed by atoms with Crippen molar-refractivity contribution in [1.29, 1.82) is 0 Å². The van der Waals surface area contributed by atoms with E-state index in [1.54, 1.807) is 6.07 Å². The van der Waals surface area contributed by atoms with Gasteiger partial charge in [-0.2, -0.15) is 0 Å². The molecule has 1 aliphatic heterocycles. The van der Waals surface area contributed by atoms with Crippen LogP contribution in [0, 0.1) is 5.82 Å². The standard InChI is InChI=1S/C14H20FNO3/c1-2-18-14-6-5-13(19-10-14)9-17-8-12-4-3-11(15)7-16-12/h3-4,7,13-14H,2,5-6,8-10H2,1H3/t13?,14-/m0/s1. The van der Waals surface area contributed by atoms with Gasteiger partial charge in [-0.3, -0.25) is 4.98 Å². The Morgan fingerprint density at radius 1 is 1.42 bits per heavy atom. The molecule has 106 valence electrons. The Balaban J connectivity index is 1.63. The molecule has 0 bridgehead atoms. The van der Waals surface area contributed by atoms with E-state index in [-0.39, 0.29) is 18.0 Å². The van der Waals surface area contributed by atoms with Gasteiger partial charge in [-0.15, -0.1) is 0 Å². The Morgan fingerprint density at radius 2 is 2.32 bits per heavy atom. The van der Waals surface area contributed by atoms with Crippen LogP contribution in [0.2, 0.25) is 0 Å². The fourth-order valence-corrected chi connectivity index (χ4v) is 2.07. The van der Waals surface area contributed by atoms with Gasteiger partial charge in [0.2, 0.25) is 0 Å². The second kappa shape index (κ2) is 7.53. The maximum Gasteiger partial charge on any atom is 0.141 e. The van der Waals surface area contributed by atoms with Crippen molar-refractivity contribution in [3.63, 3.8) is 0 Å². The van der Waals surface area contributed by atoms with Crippen LogP contribution >= 0.6 is 0 Å². The van der Waals surface area contributed by atoms with Crippen LogP contribution in [-0.2, 0) is 20.8 Å². The van der Waals surface area contributed by atoms with E-state index in [1.165, 1.54) is 12.3 Å². The molecule has 2 rings (SSSR count). The van der Waals surface area contributed by atoms with Gasteiger partial charge in [0.05, 0.1) is 43.9 Å². The van der Waals surface area contributed by atoms with E-state index in [2.05, 4.69) is 4.98 Å². The third-order valence-corrected chi connectivity index (χ3v) is 3.07. The Kier molecular flexibility index (Phi) is 5.69. The summed E-state index contributed by atoms with van der Waals surface area (Å²) in [6, 6.07) is 3.01. The molecule has 0 aromatic carbocycles. The van der Waals surface area contributed by atoms with Crippen LogP contribution in [0.4, 0.5) is 4.39 Å². The van der Waals surface area contributed by atoms with Crippen LogP contribution in [0.1, 0.15) is 25.5 Å². The molecule has 0 radical (unpaired) electrons. The zero-order chi connectivity index (χ0) is 13.5. The van der Waals surface area contributed by atoms with Gasteiger partial charge in [-0.25, -0.2) is 4.39 Å². The van der Waals surface area contributed by atoms with E-state index >= 15 is 0 Å². The molecule has 1 saturated heterocycles. The summed E-state index contributed by atoms with van der Waals surface area (Å²) >= 11 is 0. The van der Waals surface area contributed by atoms with Crippen molar-refractivity contribution >= 4 is 0 Å². The largest absolute Gasteiger partial charge is 0.376 e. The SMILES string of the molecule is CCO[C@H]1CCC(COCc2ccc(F)cn2)OC1. The molecule has 0 spiro atoms. The summed E-state index contributed by atoms with van der Waals surface area (Å²) in [7, 11) is 0. The van der Waals surface area contributed by atoms with Crippen LogP contribution in [-0.4, -0.2) is 37.0 Å². The molecule has 0 saturated carbocycles. The molecular formula is C14H20FNO3. The highest BCUT2D eigenvalue weighted by atomic mass is 19.1. The highest BCUT2D eigenvalue weighted by Gasteiger charge is 2.21. The van der Waals surface area contributed by atoms with E-state index < -0.39 is 0 Å². The van der Waals surface area contributed by atoms with Crippen LogP contribution in [0.25, 0.3) is 0 Å². The fourth-order valence-electron chi connectivity index (χ4n) is 2.07. The first-order chi connectivity index (χ1) is 9.28. The number of rotatable bonds is 6. The van der Waals surface area contributed by atoms with Gasteiger partial charge < -0.3 is 14.2 Å². The zero-order valence-corrected chi connectivity index (χ0v) is 11.2. The van der Waals surface area contributed by atoms with E-state index in [0.29, 0.717) is 19.8 Å². The van der Waals surface area contributed by atoms with E-state index in [4.69, 9.17) is 14.2 Å². The average molecular weight is 269 g/mol. The Labute approximate surface area is 112 Å². The molecule has 19 heavy (non-hydrogen) atoms. The van der Waals surface area contributed by atoms with Crippen molar-refractivity contribution in [2.45, 2.75) is 38.6 Å². The van der Waals surface area contributed by atoms with E-state index in [1.807, 2.05) is 6.92 Å². The first kappa shape index (κ1) is 14.4. The minimum absolute atomic E-state index is 0.122. The van der Waals surface area contributed by atoms with Crippen LogP contribution in [0.15, 0.2) is 18.3 Å². The fraction of sp³-hybridized carbons (Fsp3) is 0.643. The summed E-state index contributed by atoms with van der Waals surface area (Å²) in [5.74, 6) is -0.332. The molecular weight excluding hydrogens is 249 g/mol. The summed E-state index contributed by atoms with van der Waals surface area (Å²) in [5, 5.41) is 0. The van der Waals surface area contributed by atoms with Crippen molar-refractivity contribution < 1.29 is 18.6 Å². The average Bonchev–Trinajstić information content (AvgIpc) is 2.43. The third-order valence-electron chi connectivity index (χ3n) is 3.07. The number of ether oxygens (including phenoxy) is 3. The Morgan fingerprint density at radius 3 is 2.95 bits per heavy atom. The Hall–Kier alpha value is -1.04. The molecule has 1 unspecified atom stereocenters. The maximum atomic E-state index is 12.7. The molecule has 2 atom stereocenters. The van der Waals surface area contributed by atoms with Crippen LogP contribution in [0.3, 0.4) is 0 Å². The molecule has 5 heteroatoms. The summed E-state index contributed by atoms with van der Waals surface area (Å²) in [5.41, 5.74) is 0.726. The lowest BCUT2D eigenvalue weighted by Crippen LogP contribution is -2.33. The number of hydrogen-bond acceptors (Lipinski definition) is 4. The van der Waals surface area contributed by atoms with Crippen molar-refractivity contribution in [2.75, 3.05) is 19.8 Å². The molecule has 2 heterocycles. The second-order valence-electron chi connectivity index (χ2n) is 4.59. The van der Waals surface area contributed by atoms with Gasteiger partial charge in [0.25, 0.3) is 0 Å². The summed E-state index contributed by atoms with van der Waals surface area (Å²) in [6.07, 6.45) is 3.50. The predicted molar refractivity (Wildman–Crippen MR) is 68.2 cm³/mol. The minimum Gasteiger partial charge on any atom is -0.376 e. The van der Waals surface area contributed by atoms with Gasteiger partial charge in [0.15, 0.2) is 0 Å². The van der Waals surface area contributed by atoms with Crippen molar-refractivity contribution in [2.24, 2.45) is 0 Å². The molecule has 0 aliphatic carbocycles. The molecule has 1 aromatic rings. The van der Waals surface area contributed by atoms with Gasteiger partial charge in [0, 0.05) is 6.61 Å². The maximum absolute atomic E-state index is 12.7. The van der Waals surface area contributed by atoms with Crippen molar-refractivity contribution in [3.05, 3.63) is 29.8 Å². The number of pyridine rings is 1. The highest BCUT2D eigenvalue weighted by Crippen LogP contribution is 2.16. The van der Waals surface area contributed by atoms with E-state index in [9.17, 15) is 4.39 Å². The summed E-state index contributed by atoms with van der Waals surface area (Å²) in [6.45, 7) is 4.28. The van der Waals surface area contributed by atoms with Gasteiger partial charge in [-0.05, 0) is 31.9 Å². The molecule has 0 amide bonds. The molecule has 1 fully saturated rings. The lowest BCUT2D eigenvalue weighted by atomic mass is 10.1. The molecule has 0 N–H and O–H groups in total. The number of aromatic nitrogens is 1. The summed E-state index contributed by atoms with van der Waals surface area (Å²) < 4.78 is 29.4.